The molecule has 1 aliphatic rings. The Kier molecular flexibility index (Phi) is 4.48. The first-order valence-electron chi connectivity index (χ1n) is 7.57. The summed E-state index contributed by atoms with van der Waals surface area (Å²) in [5.41, 5.74) is 0.773. The Bertz CT molecular complexity index is 608. The average molecular weight is 301 g/mol. The predicted molar refractivity (Wildman–Crippen MR) is 86.0 cm³/mol. The second-order valence-corrected chi connectivity index (χ2v) is 5.29. The van der Waals surface area contributed by atoms with Crippen LogP contribution in [0.25, 0.3) is 0 Å². The Hall–Kier alpha value is -2.21. The number of piperazine rings is 1. The summed E-state index contributed by atoms with van der Waals surface area (Å²) in [4.78, 5) is 13.5. The first-order chi connectivity index (χ1) is 10.7. The monoisotopic (exact) mass is 301 g/mol. The van der Waals surface area contributed by atoms with E-state index in [0.29, 0.717) is 5.95 Å². The molecule has 6 heteroatoms. The first kappa shape index (κ1) is 14.7. The van der Waals surface area contributed by atoms with Gasteiger partial charge in [0.15, 0.2) is 0 Å². The molecule has 1 fully saturated rings. The van der Waals surface area contributed by atoms with Gasteiger partial charge in [0.25, 0.3) is 0 Å². The molecule has 1 aromatic heterocycles. The van der Waals surface area contributed by atoms with Crippen LogP contribution < -0.4 is 10.2 Å². The molecule has 22 heavy (non-hydrogen) atoms. The zero-order valence-electron chi connectivity index (χ0n) is 12.7. The minimum absolute atomic E-state index is 0.256. The van der Waals surface area contributed by atoms with Crippen LogP contribution in [0.4, 0.5) is 21.8 Å². The Balaban J connectivity index is 1.68. The number of nitrogens with one attached hydrogen (secondary N) is 1. The Morgan fingerprint density at radius 1 is 1.09 bits per heavy atom. The van der Waals surface area contributed by atoms with Gasteiger partial charge in [0.2, 0.25) is 5.95 Å². The molecule has 1 saturated heterocycles. The van der Waals surface area contributed by atoms with Crippen LogP contribution in [-0.2, 0) is 0 Å². The van der Waals surface area contributed by atoms with Crippen molar-refractivity contribution in [3.63, 3.8) is 0 Å². The summed E-state index contributed by atoms with van der Waals surface area (Å²) in [6, 6.07) is 8.10. The Morgan fingerprint density at radius 3 is 2.50 bits per heavy atom. The molecule has 2 heterocycles. The molecule has 0 saturated carbocycles. The van der Waals surface area contributed by atoms with Gasteiger partial charge in [-0.3, -0.25) is 0 Å². The molecule has 116 valence electrons. The zero-order valence-corrected chi connectivity index (χ0v) is 12.7. The lowest BCUT2D eigenvalue weighted by atomic mass is 10.3. The standard InChI is InChI=1S/C16H20FN5/c1-2-21-9-11-22(12-10-21)15-7-8-18-16(20-15)19-14-5-3-13(17)4-6-14/h3-8H,2,9-12H2,1H3,(H,18,19,20). The smallest absolute Gasteiger partial charge is 0.229 e. The number of rotatable bonds is 4. The van der Waals surface area contributed by atoms with E-state index in [1.807, 2.05) is 6.07 Å². The van der Waals surface area contributed by atoms with Crippen molar-refractivity contribution in [2.75, 3.05) is 42.9 Å². The van der Waals surface area contributed by atoms with Crippen LogP contribution in [0.1, 0.15) is 6.92 Å². The van der Waals surface area contributed by atoms with Crippen molar-refractivity contribution in [3.05, 3.63) is 42.3 Å². The minimum atomic E-state index is -0.256. The number of halogens is 1. The quantitative estimate of drug-likeness (QED) is 0.940. The number of aromatic nitrogens is 2. The van der Waals surface area contributed by atoms with Gasteiger partial charge in [0.05, 0.1) is 0 Å². The Morgan fingerprint density at radius 2 is 1.82 bits per heavy atom. The molecule has 1 N–H and O–H groups in total. The van der Waals surface area contributed by atoms with Gasteiger partial charge in [-0.05, 0) is 36.9 Å². The maximum atomic E-state index is 12.9. The number of anilines is 3. The van der Waals surface area contributed by atoms with Crippen LogP contribution in [0.3, 0.4) is 0 Å². The third-order valence-electron chi connectivity index (χ3n) is 3.88. The zero-order chi connectivity index (χ0) is 15.4. The van der Waals surface area contributed by atoms with Crippen LogP contribution in [0.15, 0.2) is 36.5 Å². The average Bonchev–Trinajstić information content (AvgIpc) is 2.57. The third kappa shape index (κ3) is 3.51. The summed E-state index contributed by atoms with van der Waals surface area (Å²) in [5, 5.41) is 3.10. The number of likely N-dealkylation sites (N-methyl/N-ethyl adjacent to an activating group) is 1. The molecule has 1 aliphatic heterocycles. The van der Waals surface area contributed by atoms with Crippen LogP contribution in [0.5, 0.6) is 0 Å². The van der Waals surface area contributed by atoms with E-state index in [9.17, 15) is 4.39 Å². The molecule has 2 aromatic rings. The summed E-state index contributed by atoms with van der Waals surface area (Å²) >= 11 is 0. The van der Waals surface area contributed by atoms with Gasteiger partial charge in [-0.25, -0.2) is 9.37 Å². The highest BCUT2D eigenvalue weighted by Crippen LogP contribution is 2.18. The Labute approximate surface area is 129 Å². The van der Waals surface area contributed by atoms with E-state index in [0.717, 1.165) is 44.2 Å². The van der Waals surface area contributed by atoms with E-state index in [2.05, 4.69) is 32.0 Å². The van der Waals surface area contributed by atoms with Crippen molar-refractivity contribution in [1.82, 2.24) is 14.9 Å². The fourth-order valence-corrected chi connectivity index (χ4v) is 2.54. The lowest BCUT2D eigenvalue weighted by Crippen LogP contribution is -2.46. The molecule has 0 atom stereocenters. The summed E-state index contributed by atoms with van der Waals surface area (Å²) in [6.07, 6.45) is 1.75. The topological polar surface area (TPSA) is 44.3 Å². The molecular formula is C16H20FN5. The van der Waals surface area contributed by atoms with Crippen molar-refractivity contribution in [2.45, 2.75) is 6.92 Å². The molecule has 1 aromatic carbocycles. The minimum Gasteiger partial charge on any atom is -0.354 e. The second kappa shape index (κ2) is 6.70. The summed E-state index contributed by atoms with van der Waals surface area (Å²) < 4.78 is 12.9. The molecule has 0 radical (unpaired) electrons. The maximum absolute atomic E-state index is 12.9. The third-order valence-corrected chi connectivity index (χ3v) is 3.88. The summed E-state index contributed by atoms with van der Waals surface area (Å²) in [6.45, 7) is 7.34. The van der Waals surface area contributed by atoms with E-state index in [4.69, 9.17) is 0 Å². The molecule has 0 unspecified atom stereocenters. The fraction of sp³-hybridized carbons (Fsp3) is 0.375. The van der Waals surface area contributed by atoms with E-state index in [-0.39, 0.29) is 5.82 Å². The summed E-state index contributed by atoms with van der Waals surface area (Å²) in [7, 11) is 0. The first-order valence-corrected chi connectivity index (χ1v) is 7.57. The van der Waals surface area contributed by atoms with Crippen molar-refractivity contribution in [2.24, 2.45) is 0 Å². The predicted octanol–water partition coefficient (Wildman–Crippen LogP) is 2.50. The molecule has 5 nitrogen and oxygen atoms in total. The van der Waals surface area contributed by atoms with Gasteiger partial charge in [0, 0.05) is 38.1 Å². The van der Waals surface area contributed by atoms with Crippen molar-refractivity contribution >= 4 is 17.5 Å². The molecule has 0 spiro atoms. The fourth-order valence-electron chi connectivity index (χ4n) is 2.54. The highest BCUT2D eigenvalue weighted by Gasteiger charge is 2.17. The second-order valence-electron chi connectivity index (χ2n) is 5.29. The van der Waals surface area contributed by atoms with Crippen molar-refractivity contribution < 1.29 is 4.39 Å². The number of benzene rings is 1. The van der Waals surface area contributed by atoms with Crippen LogP contribution in [0.2, 0.25) is 0 Å². The lowest BCUT2D eigenvalue weighted by Gasteiger charge is -2.34. The van der Waals surface area contributed by atoms with Gasteiger partial charge in [-0.15, -0.1) is 0 Å². The normalized spacial score (nSPS) is 15.8. The highest BCUT2D eigenvalue weighted by molar-refractivity contribution is 5.54. The van der Waals surface area contributed by atoms with Crippen molar-refractivity contribution in [3.8, 4) is 0 Å². The van der Waals surface area contributed by atoms with Gasteiger partial charge < -0.3 is 15.1 Å². The number of hydrogen-bond acceptors (Lipinski definition) is 5. The van der Waals surface area contributed by atoms with E-state index in [1.54, 1.807) is 18.3 Å². The molecule has 0 amide bonds. The van der Waals surface area contributed by atoms with Gasteiger partial charge in [-0.1, -0.05) is 6.92 Å². The highest BCUT2D eigenvalue weighted by atomic mass is 19.1. The molecule has 0 bridgehead atoms. The van der Waals surface area contributed by atoms with Crippen molar-refractivity contribution in [1.29, 1.82) is 0 Å². The van der Waals surface area contributed by atoms with Crippen LogP contribution >= 0.6 is 0 Å². The maximum Gasteiger partial charge on any atom is 0.229 e. The molecule has 0 aliphatic carbocycles. The number of hydrogen-bond donors (Lipinski definition) is 1. The van der Waals surface area contributed by atoms with E-state index < -0.39 is 0 Å². The van der Waals surface area contributed by atoms with E-state index >= 15 is 0 Å². The van der Waals surface area contributed by atoms with Gasteiger partial charge >= 0.3 is 0 Å². The van der Waals surface area contributed by atoms with E-state index in [1.165, 1.54) is 12.1 Å². The van der Waals surface area contributed by atoms with Gasteiger partial charge in [0.1, 0.15) is 11.6 Å². The lowest BCUT2D eigenvalue weighted by molar-refractivity contribution is 0.270. The summed E-state index contributed by atoms with van der Waals surface area (Å²) in [5.74, 6) is 1.20. The number of nitrogens with zero attached hydrogens (tertiary/aromatic N) is 4. The van der Waals surface area contributed by atoms with Crippen LogP contribution in [-0.4, -0.2) is 47.6 Å². The molecular weight excluding hydrogens is 281 g/mol. The molecule has 3 rings (SSSR count). The largest absolute Gasteiger partial charge is 0.354 e. The van der Waals surface area contributed by atoms with Crippen LogP contribution in [0, 0.1) is 5.82 Å². The SMILES string of the molecule is CCN1CCN(c2ccnc(Nc3ccc(F)cc3)n2)CC1. The van der Waals surface area contributed by atoms with Gasteiger partial charge in [-0.2, -0.15) is 4.98 Å².